The van der Waals surface area contributed by atoms with Crippen LogP contribution in [0.1, 0.15) is 35.8 Å². The van der Waals surface area contributed by atoms with Gasteiger partial charge >= 0.3 is 12.0 Å². The molecule has 0 bridgehead atoms. The second-order valence-corrected chi connectivity index (χ2v) is 8.52. The number of halogens is 2. The predicted octanol–water partition coefficient (Wildman–Crippen LogP) is 7.02. The normalized spacial score (nSPS) is 10.9. The lowest BCUT2D eigenvalue weighted by molar-refractivity contribution is 0.0699. The van der Waals surface area contributed by atoms with Crippen LogP contribution in [-0.2, 0) is 6.42 Å². The molecular weight excluding hydrogens is 475 g/mol. The van der Waals surface area contributed by atoms with Crippen molar-refractivity contribution in [3.05, 3.63) is 82.0 Å². The summed E-state index contributed by atoms with van der Waals surface area (Å²) in [4.78, 5) is 24.7. The number of carbonyl (C=O) groups excluding carboxylic acids is 1. The summed E-state index contributed by atoms with van der Waals surface area (Å²) < 4.78 is 1.54. The number of rotatable bonds is 7. The van der Waals surface area contributed by atoms with Crippen LogP contribution in [0.5, 0.6) is 0 Å². The Bertz CT molecular complexity index is 1380. The molecule has 2 amide bonds. The molecule has 174 valence electrons. The highest BCUT2D eigenvalue weighted by Crippen LogP contribution is 2.30. The van der Waals surface area contributed by atoms with Gasteiger partial charge in [0.1, 0.15) is 5.82 Å². The van der Waals surface area contributed by atoms with Gasteiger partial charge < -0.3 is 10.4 Å². The van der Waals surface area contributed by atoms with Gasteiger partial charge in [-0.15, -0.1) is 0 Å². The van der Waals surface area contributed by atoms with Crippen molar-refractivity contribution in [3.63, 3.8) is 0 Å². The number of nitrogens with zero attached hydrogens (tertiary/aromatic N) is 2. The topological polar surface area (TPSA) is 96.2 Å². The van der Waals surface area contributed by atoms with Crippen molar-refractivity contribution < 1.29 is 14.7 Å². The smallest absolute Gasteiger partial charge is 0.336 e. The Kier molecular flexibility index (Phi) is 7.05. The molecule has 4 rings (SSSR count). The van der Waals surface area contributed by atoms with Crippen molar-refractivity contribution in [3.8, 4) is 5.69 Å². The number of hydrogen-bond acceptors (Lipinski definition) is 3. The minimum Gasteiger partial charge on any atom is -0.478 e. The first-order valence-electron chi connectivity index (χ1n) is 10.7. The number of benzene rings is 3. The minimum atomic E-state index is -1.04. The molecule has 4 aromatic rings. The number of aromatic nitrogens is 2. The molecule has 34 heavy (non-hydrogen) atoms. The van der Waals surface area contributed by atoms with Crippen molar-refractivity contribution in [2.24, 2.45) is 0 Å². The molecule has 0 saturated carbocycles. The zero-order chi connectivity index (χ0) is 24.2. The Balaban J connectivity index is 1.73. The van der Waals surface area contributed by atoms with Gasteiger partial charge in [-0.05, 0) is 47.9 Å². The molecule has 3 N–H and O–H groups in total. The summed E-state index contributed by atoms with van der Waals surface area (Å²) >= 11 is 12.2. The number of unbranched alkanes of at least 4 members (excludes halogenated alkanes) is 1. The van der Waals surface area contributed by atoms with E-state index in [0.717, 1.165) is 30.3 Å². The molecule has 0 fully saturated rings. The fraction of sp³-hybridized carbons (Fsp3) is 0.160. The second kappa shape index (κ2) is 10.2. The van der Waals surface area contributed by atoms with E-state index in [-0.39, 0.29) is 10.6 Å². The van der Waals surface area contributed by atoms with Gasteiger partial charge in [-0.25, -0.2) is 14.3 Å². The maximum absolute atomic E-state index is 12.8. The zero-order valence-electron chi connectivity index (χ0n) is 18.3. The van der Waals surface area contributed by atoms with Gasteiger partial charge in [0.15, 0.2) is 0 Å². The van der Waals surface area contributed by atoms with Crippen molar-refractivity contribution in [1.82, 2.24) is 9.78 Å². The molecule has 0 atom stereocenters. The van der Waals surface area contributed by atoms with Gasteiger partial charge in [0.25, 0.3) is 0 Å². The third-order valence-corrected chi connectivity index (χ3v) is 6.13. The number of fused-ring (bicyclic) bond motifs is 1. The molecule has 0 aliphatic carbocycles. The molecule has 0 aliphatic rings. The van der Waals surface area contributed by atoms with Crippen molar-refractivity contribution in [2.45, 2.75) is 26.2 Å². The summed E-state index contributed by atoms with van der Waals surface area (Å²) in [5.41, 5.74) is 1.82. The number of carboxylic acids is 1. The third kappa shape index (κ3) is 5.00. The van der Waals surface area contributed by atoms with Crippen LogP contribution in [0.15, 0.2) is 60.7 Å². The van der Waals surface area contributed by atoms with Gasteiger partial charge in [0.2, 0.25) is 0 Å². The molecule has 0 radical (unpaired) electrons. The largest absolute Gasteiger partial charge is 0.478 e. The van der Waals surface area contributed by atoms with E-state index >= 15 is 0 Å². The van der Waals surface area contributed by atoms with Crippen molar-refractivity contribution in [1.29, 1.82) is 0 Å². The van der Waals surface area contributed by atoms with Crippen LogP contribution in [0.25, 0.3) is 16.5 Å². The van der Waals surface area contributed by atoms with Crippen LogP contribution in [0.3, 0.4) is 0 Å². The van der Waals surface area contributed by atoms with Gasteiger partial charge in [-0.1, -0.05) is 66.9 Å². The molecule has 9 heteroatoms. The average Bonchev–Trinajstić information content (AvgIpc) is 3.22. The van der Waals surface area contributed by atoms with E-state index < -0.39 is 12.0 Å². The number of amides is 2. The fourth-order valence-electron chi connectivity index (χ4n) is 3.66. The summed E-state index contributed by atoms with van der Waals surface area (Å²) in [6.45, 7) is 2.08. The van der Waals surface area contributed by atoms with E-state index in [1.54, 1.807) is 47.1 Å². The Hall–Kier alpha value is -3.55. The molecule has 0 spiro atoms. The van der Waals surface area contributed by atoms with Crippen LogP contribution in [0.4, 0.5) is 16.3 Å². The van der Waals surface area contributed by atoms with Gasteiger partial charge in [0.05, 0.1) is 32.7 Å². The Morgan fingerprint density at radius 2 is 1.82 bits per heavy atom. The quantitative estimate of drug-likeness (QED) is 0.256. The Morgan fingerprint density at radius 1 is 1.03 bits per heavy atom. The molecule has 1 heterocycles. The van der Waals surface area contributed by atoms with Crippen LogP contribution in [-0.4, -0.2) is 26.9 Å². The van der Waals surface area contributed by atoms with Crippen LogP contribution < -0.4 is 10.6 Å². The summed E-state index contributed by atoms with van der Waals surface area (Å²) in [5, 5.41) is 21.8. The first kappa shape index (κ1) is 23.6. The summed E-state index contributed by atoms with van der Waals surface area (Å²) in [6.07, 6.45) is 2.64. The highest BCUT2D eigenvalue weighted by Gasteiger charge is 2.17. The lowest BCUT2D eigenvalue weighted by Gasteiger charge is -2.13. The second-order valence-electron chi connectivity index (χ2n) is 7.74. The average molecular weight is 497 g/mol. The van der Waals surface area contributed by atoms with E-state index in [0.29, 0.717) is 27.6 Å². The molecule has 0 unspecified atom stereocenters. The van der Waals surface area contributed by atoms with E-state index in [9.17, 15) is 14.7 Å². The summed E-state index contributed by atoms with van der Waals surface area (Å²) in [6, 6.07) is 16.8. The summed E-state index contributed by atoms with van der Waals surface area (Å²) in [5.74, 6) is -0.646. The number of carboxylic acid groups (broad SMARTS) is 1. The summed E-state index contributed by atoms with van der Waals surface area (Å²) in [7, 11) is 0. The minimum absolute atomic E-state index is 0.153. The van der Waals surface area contributed by atoms with E-state index in [2.05, 4.69) is 22.7 Å². The third-order valence-electron chi connectivity index (χ3n) is 5.31. The molecule has 1 aromatic heterocycles. The monoisotopic (exact) mass is 496 g/mol. The maximum Gasteiger partial charge on any atom is 0.336 e. The molecular formula is C25H22Cl2N4O3. The molecule has 0 saturated heterocycles. The number of carbonyl (C=O) groups is 2. The highest BCUT2D eigenvalue weighted by molar-refractivity contribution is 6.44. The maximum atomic E-state index is 12.8. The standard InChI is InChI=1S/C25H22Cl2N4O3/c1-2-3-8-16-13-22(29-25(34)28-21-11-6-10-20(26)23(21)27)31(30-16)17-12-15-7-4-5-9-18(15)19(14-17)24(32)33/h4-7,9-14H,2-3,8H2,1H3,(H,32,33)(H2,28,29,34). The molecule has 0 aliphatic heterocycles. The highest BCUT2D eigenvalue weighted by atomic mass is 35.5. The number of anilines is 2. The van der Waals surface area contributed by atoms with Gasteiger partial charge in [0, 0.05) is 6.07 Å². The Labute approximate surface area is 206 Å². The van der Waals surface area contributed by atoms with Crippen LogP contribution in [0, 0.1) is 0 Å². The van der Waals surface area contributed by atoms with E-state index in [1.807, 2.05) is 18.2 Å². The predicted molar refractivity (Wildman–Crippen MR) is 136 cm³/mol. The van der Waals surface area contributed by atoms with Crippen LogP contribution >= 0.6 is 23.2 Å². The Morgan fingerprint density at radius 3 is 2.59 bits per heavy atom. The van der Waals surface area contributed by atoms with Gasteiger partial charge in [-0.3, -0.25) is 5.32 Å². The lowest BCUT2D eigenvalue weighted by Crippen LogP contribution is -2.21. The number of hydrogen-bond donors (Lipinski definition) is 3. The fourth-order valence-corrected chi connectivity index (χ4v) is 4.01. The lowest BCUT2D eigenvalue weighted by atomic mass is 10.0. The first-order valence-corrected chi connectivity index (χ1v) is 11.5. The van der Waals surface area contributed by atoms with Crippen molar-refractivity contribution in [2.75, 3.05) is 10.6 Å². The van der Waals surface area contributed by atoms with E-state index in [4.69, 9.17) is 23.2 Å². The number of aryl methyl sites for hydroxylation is 1. The molecule has 3 aromatic carbocycles. The van der Waals surface area contributed by atoms with Gasteiger partial charge in [-0.2, -0.15) is 5.10 Å². The first-order chi connectivity index (χ1) is 16.4. The van der Waals surface area contributed by atoms with Crippen LogP contribution in [0.2, 0.25) is 10.0 Å². The van der Waals surface area contributed by atoms with Crippen molar-refractivity contribution >= 4 is 57.5 Å². The number of aromatic carboxylic acids is 1. The number of urea groups is 1. The zero-order valence-corrected chi connectivity index (χ0v) is 19.8. The number of nitrogens with one attached hydrogen (secondary N) is 2. The van der Waals surface area contributed by atoms with E-state index in [1.165, 1.54) is 0 Å². The SMILES string of the molecule is CCCCc1cc(NC(=O)Nc2cccc(Cl)c2Cl)n(-c2cc(C(=O)O)c3ccccc3c2)n1. The molecule has 7 nitrogen and oxygen atoms in total.